The molecular formula is C25H33N3S2. The summed E-state index contributed by atoms with van der Waals surface area (Å²) >= 11 is 7.60. The summed E-state index contributed by atoms with van der Waals surface area (Å²) in [5.41, 5.74) is 3.72. The quantitative estimate of drug-likeness (QED) is 0.525. The van der Waals surface area contributed by atoms with Crippen molar-refractivity contribution in [3.05, 3.63) is 48.0 Å². The number of para-hydroxylation sites is 1. The van der Waals surface area contributed by atoms with E-state index in [1.165, 1.54) is 47.1 Å². The van der Waals surface area contributed by atoms with Crippen molar-refractivity contribution >= 4 is 40.3 Å². The zero-order chi connectivity index (χ0) is 21.1. The van der Waals surface area contributed by atoms with Gasteiger partial charge < -0.3 is 15.1 Å². The van der Waals surface area contributed by atoms with E-state index < -0.39 is 0 Å². The van der Waals surface area contributed by atoms with Crippen LogP contribution >= 0.6 is 24.0 Å². The molecule has 1 fully saturated rings. The number of hydrogen-bond acceptors (Lipinski definition) is 4. The van der Waals surface area contributed by atoms with Crippen LogP contribution in [0.15, 0.2) is 52.3 Å². The maximum absolute atomic E-state index is 5.73. The van der Waals surface area contributed by atoms with Gasteiger partial charge in [-0.2, -0.15) is 0 Å². The molecule has 3 nitrogen and oxygen atoms in total. The van der Waals surface area contributed by atoms with E-state index in [0.29, 0.717) is 12.0 Å². The fourth-order valence-corrected chi connectivity index (χ4v) is 5.68. The Kier molecular flexibility index (Phi) is 7.01. The molecule has 1 N–H and O–H groups in total. The van der Waals surface area contributed by atoms with Crippen LogP contribution in [0, 0.1) is 5.92 Å². The SMILES string of the molecule is CC(C)CCNC(=S)c1ccc2c(c1)N([C@H](C)CN1CCCC1)c1ccccc1S2. The predicted octanol–water partition coefficient (Wildman–Crippen LogP) is 6.08. The number of benzene rings is 2. The second kappa shape index (κ2) is 9.71. The van der Waals surface area contributed by atoms with Crippen molar-refractivity contribution in [2.75, 3.05) is 31.1 Å². The number of nitrogens with zero attached hydrogens (tertiary/aromatic N) is 2. The number of likely N-dealkylation sites (tertiary alicyclic amines) is 1. The third-order valence-corrected chi connectivity index (χ3v) is 7.50. The lowest BCUT2D eigenvalue weighted by atomic mass is 10.1. The van der Waals surface area contributed by atoms with Crippen molar-refractivity contribution in [2.24, 2.45) is 5.92 Å². The molecule has 0 amide bonds. The van der Waals surface area contributed by atoms with Gasteiger partial charge in [0.2, 0.25) is 0 Å². The summed E-state index contributed by atoms with van der Waals surface area (Å²) in [5.74, 6) is 0.679. The lowest BCUT2D eigenvalue weighted by molar-refractivity contribution is 0.319. The Labute approximate surface area is 191 Å². The van der Waals surface area contributed by atoms with E-state index in [-0.39, 0.29) is 0 Å². The van der Waals surface area contributed by atoms with Gasteiger partial charge in [0.25, 0.3) is 0 Å². The average Bonchev–Trinajstić information content (AvgIpc) is 3.24. The molecule has 4 rings (SSSR count). The number of anilines is 2. The lowest BCUT2D eigenvalue weighted by Gasteiger charge is -2.39. The number of nitrogens with one attached hydrogen (secondary N) is 1. The van der Waals surface area contributed by atoms with Gasteiger partial charge in [-0.05, 0) is 69.5 Å². The minimum Gasteiger partial charge on any atom is -0.376 e. The first-order chi connectivity index (χ1) is 14.5. The molecule has 2 heterocycles. The molecule has 0 saturated carbocycles. The normalized spacial score (nSPS) is 17.0. The topological polar surface area (TPSA) is 18.5 Å². The zero-order valence-corrected chi connectivity index (χ0v) is 20.0. The van der Waals surface area contributed by atoms with E-state index in [0.717, 1.165) is 30.1 Å². The standard InChI is InChI=1S/C25H33N3S2/c1-18(2)12-13-26-25(29)20-10-11-24-22(16-20)28(19(3)17-27-14-6-7-15-27)21-8-4-5-9-23(21)30-24/h4-5,8-11,16,18-19H,6-7,12-15,17H2,1-3H3,(H,26,29)/t19-/m1/s1. The van der Waals surface area contributed by atoms with Crippen LogP contribution in [0.25, 0.3) is 0 Å². The van der Waals surface area contributed by atoms with Crippen LogP contribution in [0.4, 0.5) is 11.4 Å². The molecule has 1 atom stereocenters. The molecule has 0 unspecified atom stereocenters. The summed E-state index contributed by atoms with van der Waals surface area (Å²) in [5, 5.41) is 3.46. The molecule has 2 aliphatic heterocycles. The molecule has 0 spiro atoms. The fourth-order valence-electron chi connectivity index (χ4n) is 4.40. The summed E-state index contributed by atoms with van der Waals surface area (Å²) in [6.45, 7) is 11.3. The number of rotatable bonds is 7. The Balaban J connectivity index is 1.61. The van der Waals surface area contributed by atoms with Crippen molar-refractivity contribution in [2.45, 2.75) is 55.9 Å². The highest BCUT2D eigenvalue weighted by molar-refractivity contribution is 7.99. The first kappa shape index (κ1) is 21.7. The third kappa shape index (κ3) is 4.84. The van der Waals surface area contributed by atoms with E-state index in [9.17, 15) is 0 Å². The molecule has 0 aromatic heterocycles. The van der Waals surface area contributed by atoms with E-state index in [4.69, 9.17) is 12.2 Å². The maximum atomic E-state index is 5.73. The van der Waals surface area contributed by atoms with Gasteiger partial charge in [0.05, 0.1) is 11.4 Å². The molecule has 0 radical (unpaired) electrons. The summed E-state index contributed by atoms with van der Waals surface area (Å²) in [6.07, 6.45) is 3.79. The van der Waals surface area contributed by atoms with Crippen LogP contribution in [0.2, 0.25) is 0 Å². The molecule has 30 heavy (non-hydrogen) atoms. The molecule has 0 bridgehead atoms. The third-order valence-electron chi connectivity index (χ3n) is 5.99. The monoisotopic (exact) mass is 439 g/mol. The lowest BCUT2D eigenvalue weighted by Crippen LogP contribution is -2.40. The van der Waals surface area contributed by atoms with Gasteiger partial charge in [0.15, 0.2) is 0 Å². The fraction of sp³-hybridized carbons (Fsp3) is 0.480. The van der Waals surface area contributed by atoms with E-state index >= 15 is 0 Å². The second-order valence-electron chi connectivity index (χ2n) is 8.92. The molecule has 5 heteroatoms. The van der Waals surface area contributed by atoms with Crippen molar-refractivity contribution in [1.82, 2.24) is 10.2 Å². The van der Waals surface area contributed by atoms with Crippen LogP contribution in [-0.4, -0.2) is 42.1 Å². The molecule has 0 aliphatic carbocycles. The van der Waals surface area contributed by atoms with Crippen LogP contribution in [-0.2, 0) is 0 Å². The Morgan fingerprint density at radius 2 is 1.77 bits per heavy atom. The largest absolute Gasteiger partial charge is 0.376 e. The highest BCUT2D eigenvalue weighted by atomic mass is 32.2. The van der Waals surface area contributed by atoms with Crippen LogP contribution in [0.1, 0.15) is 45.6 Å². The highest BCUT2D eigenvalue weighted by Crippen LogP contribution is 2.49. The molecular weight excluding hydrogens is 406 g/mol. The van der Waals surface area contributed by atoms with Crippen molar-refractivity contribution in [3.8, 4) is 0 Å². The maximum Gasteiger partial charge on any atom is 0.106 e. The smallest absolute Gasteiger partial charge is 0.106 e. The molecule has 2 aromatic carbocycles. The second-order valence-corrected chi connectivity index (χ2v) is 10.4. The number of hydrogen-bond donors (Lipinski definition) is 1. The Morgan fingerprint density at radius 3 is 2.53 bits per heavy atom. The number of fused-ring (bicyclic) bond motifs is 2. The zero-order valence-electron chi connectivity index (χ0n) is 18.4. The van der Waals surface area contributed by atoms with Gasteiger partial charge in [-0.3, -0.25) is 0 Å². The summed E-state index contributed by atoms with van der Waals surface area (Å²) in [7, 11) is 0. The van der Waals surface area contributed by atoms with E-state index in [1.54, 1.807) is 0 Å². The van der Waals surface area contributed by atoms with Crippen LogP contribution in [0.5, 0.6) is 0 Å². The average molecular weight is 440 g/mol. The van der Waals surface area contributed by atoms with Gasteiger partial charge in [-0.15, -0.1) is 0 Å². The van der Waals surface area contributed by atoms with E-state index in [1.807, 2.05) is 11.8 Å². The van der Waals surface area contributed by atoms with Crippen LogP contribution < -0.4 is 10.2 Å². The van der Waals surface area contributed by atoms with Gasteiger partial charge >= 0.3 is 0 Å². The first-order valence-electron chi connectivity index (χ1n) is 11.2. The molecule has 1 saturated heterocycles. The minimum absolute atomic E-state index is 0.404. The summed E-state index contributed by atoms with van der Waals surface area (Å²) in [4.78, 5) is 8.66. The molecule has 160 valence electrons. The Hall–Kier alpha value is -1.56. The van der Waals surface area contributed by atoms with Crippen molar-refractivity contribution < 1.29 is 0 Å². The first-order valence-corrected chi connectivity index (χ1v) is 12.5. The highest BCUT2D eigenvalue weighted by Gasteiger charge is 2.29. The number of thiocarbonyl (C=S) groups is 1. The van der Waals surface area contributed by atoms with Crippen molar-refractivity contribution in [3.63, 3.8) is 0 Å². The predicted molar refractivity (Wildman–Crippen MR) is 133 cm³/mol. The van der Waals surface area contributed by atoms with Gasteiger partial charge in [0, 0.05) is 34.5 Å². The Morgan fingerprint density at radius 1 is 1.03 bits per heavy atom. The summed E-state index contributed by atoms with van der Waals surface area (Å²) < 4.78 is 0. The molecule has 2 aliphatic rings. The van der Waals surface area contributed by atoms with Gasteiger partial charge in [-0.1, -0.05) is 56.0 Å². The van der Waals surface area contributed by atoms with Crippen LogP contribution in [0.3, 0.4) is 0 Å². The van der Waals surface area contributed by atoms with Crippen molar-refractivity contribution in [1.29, 1.82) is 0 Å². The Bertz CT molecular complexity index is 890. The van der Waals surface area contributed by atoms with Gasteiger partial charge in [-0.25, -0.2) is 0 Å². The van der Waals surface area contributed by atoms with E-state index in [2.05, 4.69) is 78.4 Å². The van der Waals surface area contributed by atoms with Gasteiger partial charge in [0.1, 0.15) is 4.99 Å². The minimum atomic E-state index is 0.404. The molecule has 2 aromatic rings. The summed E-state index contributed by atoms with van der Waals surface area (Å²) in [6, 6.07) is 15.9.